The Labute approximate surface area is 190 Å². The van der Waals surface area contributed by atoms with Crippen LogP contribution < -0.4 is 14.8 Å². The molecule has 6 nitrogen and oxygen atoms in total. The van der Waals surface area contributed by atoms with Crippen LogP contribution in [0.2, 0.25) is 15.1 Å². The Hall–Kier alpha value is -1.51. The van der Waals surface area contributed by atoms with E-state index in [1.54, 1.807) is 12.1 Å². The van der Waals surface area contributed by atoms with Crippen molar-refractivity contribution in [3.63, 3.8) is 0 Å². The third kappa shape index (κ3) is 6.25. The van der Waals surface area contributed by atoms with E-state index in [1.165, 1.54) is 24.3 Å². The van der Waals surface area contributed by atoms with Gasteiger partial charge < -0.3 is 10.1 Å². The number of nitrogens with one attached hydrogen (secondary N) is 2. The van der Waals surface area contributed by atoms with Gasteiger partial charge in [0.25, 0.3) is 5.91 Å². The van der Waals surface area contributed by atoms with Gasteiger partial charge in [-0.15, -0.1) is 0 Å². The summed E-state index contributed by atoms with van der Waals surface area (Å²) in [5.74, 6) is -0.253. The Morgan fingerprint density at radius 2 is 1.73 bits per heavy atom. The smallest absolute Gasteiger partial charge is 0.262 e. The van der Waals surface area contributed by atoms with Crippen molar-refractivity contribution in [2.75, 3.05) is 11.9 Å². The normalized spacial score (nSPS) is 15.0. The number of carbonyl (C=O) groups is 1. The minimum absolute atomic E-state index is 0.0539. The van der Waals surface area contributed by atoms with Crippen LogP contribution in [0, 0.1) is 0 Å². The minimum Gasteiger partial charge on any atom is -0.482 e. The quantitative estimate of drug-likeness (QED) is 0.552. The van der Waals surface area contributed by atoms with E-state index in [0.717, 1.165) is 32.1 Å². The zero-order valence-electron chi connectivity index (χ0n) is 16.0. The molecule has 1 aliphatic carbocycles. The second-order valence-electron chi connectivity index (χ2n) is 7.01. The van der Waals surface area contributed by atoms with E-state index >= 15 is 0 Å². The van der Waals surface area contributed by atoms with Crippen LogP contribution in [-0.4, -0.2) is 27.0 Å². The summed E-state index contributed by atoms with van der Waals surface area (Å²) in [6.07, 6.45) is 4.84. The van der Waals surface area contributed by atoms with Crippen LogP contribution in [0.1, 0.15) is 32.1 Å². The molecule has 0 aliphatic heterocycles. The Morgan fingerprint density at radius 3 is 2.40 bits per heavy atom. The fraction of sp³-hybridized carbons (Fsp3) is 0.350. The number of amides is 1. The predicted octanol–water partition coefficient (Wildman–Crippen LogP) is 5.28. The highest BCUT2D eigenvalue weighted by atomic mass is 35.5. The van der Waals surface area contributed by atoms with Crippen molar-refractivity contribution in [1.29, 1.82) is 0 Å². The standard InChI is InChI=1S/C20H21Cl3N2O4S/c21-13-6-8-18(16(22)10-13)24-20(26)12-29-19-9-7-15(11-17(19)23)30(27,28)25-14-4-2-1-3-5-14/h6-11,14,25H,1-5,12H2,(H,24,26). The van der Waals surface area contributed by atoms with Crippen LogP contribution >= 0.6 is 34.8 Å². The topological polar surface area (TPSA) is 84.5 Å². The van der Waals surface area contributed by atoms with Gasteiger partial charge in [0.15, 0.2) is 6.61 Å². The molecule has 2 aromatic carbocycles. The van der Waals surface area contributed by atoms with E-state index in [4.69, 9.17) is 39.5 Å². The SMILES string of the molecule is O=C(COc1ccc(S(=O)(=O)NC2CCCCC2)cc1Cl)Nc1ccc(Cl)cc1Cl. The summed E-state index contributed by atoms with van der Waals surface area (Å²) in [6, 6.07) is 8.78. The lowest BCUT2D eigenvalue weighted by Crippen LogP contribution is -2.36. The molecule has 1 fully saturated rings. The fourth-order valence-corrected chi connectivity index (χ4v) is 5.28. The molecule has 0 aromatic heterocycles. The van der Waals surface area contributed by atoms with Crippen LogP contribution in [0.25, 0.3) is 0 Å². The first-order valence-electron chi connectivity index (χ1n) is 9.44. The maximum Gasteiger partial charge on any atom is 0.262 e. The van der Waals surface area contributed by atoms with E-state index < -0.39 is 15.9 Å². The molecule has 0 heterocycles. The van der Waals surface area contributed by atoms with Crippen molar-refractivity contribution in [1.82, 2.24) is 4.72 Å². The maximum absolute atomic E-state index is 12.6. The number of halogens is 3. The van der Waals surface area contributed by atoms with Crippen molar-refractivity contribution >= 4 is 56.4 Å². The molecular formula is C20H21Cl3N2O4S. The zero-order valence-corrected chi connectivity index (χ0v) is 19.0. The fourth-order valence-electron chi connectivity index (χ4n) is 3.19. The minimum atomic E-state index is -3.67. The van der Waals surface area contributed by atoms with Gasteiger partial charge in [-0.2, -0.15) is 0 Å². The lowest BCUT2D eigenvalue weighted by molar-refractivity contribution is -0.118. The van der Waals surface area contributed by atoms with Gasteiger partial charge >= 0.3 is 0 Å². The second-order valence-corrected chi connectivity index (χ2v) is 9.97. The maximum atomic E-state index is 12.6. The van der Waals surface area contributed by atoms with E-state index in [2.05, 4.69) is 10.0 Å². The molecule has 1 aliphatic rings. The molecule has 30 heavy (non-hydrogen) atoms. The summed E-state index contributed by atoms with van der Waals surface area (Å²) >= 11 is 18.0. The van der Waals surface area contributed by atoms with Gasteiger partial charge in [0.05, 0.1) is 20.6 Å². The monoisotopic (exact) mass is 490 g/mol. The number of benzene rings is 2. The van der Waals surface area contributed by atoms with E-state index in [1.807, 2.05) is 0 Å². The summed E-state index contributed by atoms with van der Waals surface area (Å²) in [5.41, 5.74) is 0.399. The molecule has 0 bridgehead atoms. The summed E-state index contributed by atoms with van der Waals surface area (Å²) in [7, 11) is -3.67. The molecule has 0 spiro atoms. The third-order valence-electron chi connectivity index (χ3n) is 4.70. The summed E-state index contributed by atoms with van der Waals surface area (Å²) in [5, 5.41) is 3.45. The lowest BCUT2D eigenvalue weighted by atomic mass is 9.96. The molecule has 0 atom stereocenters. The number of hydrogen-bond acceptors (Lipinski definition) is 4. The number of hydrogen-bond donors (Lipinski definition) is 2. The Kier molecular flexibility index (Phi) is 7.87. The van der Waals surface area contributed by atoms with Gasteiger partial charge in [0.1, 0.15) is 5.75 Å². The van der Waals surface area contributed by atoms with Crippen LogP contribution in [0.15, 0.2) is 41.3 Å². The Balaban J connectivity index is 1.60. The van der Waals surface area contributed by atoms with Crippen LogP contribution in [0.3, 0.4) is 0 Å². The van der Waals surface area contributed by atoms with E-state index in [-0.39, 0.29) is 28.3 Å². The molecule has 2 aromatic rings. The summed E-state index contributed by atoms with van der Waals surface area (Å²) < 4.78 is 33.3. The average molecular weight is 492 g/mol. The Bertz CT molecular complexity index is 1020. The second kappa shape index (κ2) is 10.2. The first kappa shape index (κ1) is 23.2. The van der Waals surface area contributed by atoms with E-state index in [0.29, 0.717) is 15.7 Å². The van der Waals surface area contributed by atoms with Crippen molar-refractivity contribution in [2.24, 2.45) is 0 Å². The molecular weight excluding hydrogens is 471 g/mol. The summed E-state index contributed by atoms with van der Waals surface area (Å²) in [6.45, 7) is -0.328. The number of rotatable bonds is 7. The highest BCUT2D eigenvalue weighted by Crippen LogP contribution is 2.29. The third-order valence-corrected chi connectivity index (χ3v) is 7.07. The van der Waals surface area contributed by atoms with Crippen molar-refractivity contribution in [2.45, 2.75) is 43.0 Å². The van der Waals surface area contributed by atoms with Gasteiger partial charge in [-0.3, -0.25) is 4.79 Å². The van der Waals surface area contributed by atoms with Gasteiger partial charge in [0.2, 0.25) is 10.0 Å². The van der Waals surface area contributed by atoms with Gasteiger partial charge in [-0.05, 0) is 49.2 Å². The molecule has 3 rings (SSSR count). The van der Waals surface area contributed by atoms with Crippen LogP contribution in [-0.2, 0) is 14.8 Å². The summed E-state index contributed by atoms with van der Waals surface area (Å²) in [4.78, 5) is 12.2. The van der Waals surface area contributed by atoms with Gasteiger partial charge in [0, 0.05) is 11.1 Å². The number of ether oxygens (including phenoxy) is 1. The van der Waals surface area contributed by atoms with Gasteiger partial charge in [-0.25, -0.2) is 13.1 Å². The molecule has 1 saturated carbocycles. The Morgan fingerprint density at radius 1 is 1.00 bits per heavy atom. The molecule has 0 unspecified atom stereocenters. The average Bonchev–Trinajstić information content (AvgIpc) is 2.69. The van der Waals surface area contributed by atoms with E-state index in [9.17, 15) is 13.2 Å². The van der Waals surface area contributed by atoms with Crippen LogP contribution in [0.5, 0.6) is 5.75 Å². The number of sulfonamides is 1. The highest BCUT2D eigenvalue weighted by Gasteiger charge is 2.22. The predicted molar refractivity (Wildman–Crippen MR) is 119 cm³/mol. The molecule has 0 saturated heterocycles. The molecule has 0 radical (unpaired) electrons. The van der Waals surface area contributed by atoms with Gasteiger partial charge in [-0.1, -0.05) is 54.1 Å². The van der Waals surface area contributed by atoms with Crippen molar-refractivity contribution in [3.05, 3.63) is 51.5 Å². The molecule has 10 heteroatoms. The van der Waals surface area contributed by atoms with Crippen LogP contribution in [0.4, 0.5) is 5.69 Å². The number of carbonyl (C=O) groups excluding carboxylic acids is 1. The highest BCUT2D eigenvalue weighted by molar-refractivity contribution is 7.89. The molecule has 162 valence electrons. The molecule has 1 amide bonds. The van der Waals surface area contributed by atoms with Crippen molar-refractivity contribution in [3.8, 4) is 5.75 Å². The number of anilines is 1. The zero-order chi connectivity index (χ0) is 21.7. The van der Waals surface area contributed by atoms with Crippen molar-refractivity contribution < 1.29 is 17.9 Å². The first-order valence-corrected chi connectivity index (χ1v) is 12.1. The molecule has 2 N–H and O–H groups in total. The first-order chi connectivity index (χ1) is 14.2. The lowest BCUT2D eigenvalue weighted by Gasteiger charge is -2.22. The largest absolute Gasteiger partial charge is 0.482 e.